The molecule has 7 nitrogen and oxygen atoms in total. The molecule has 0 radical (unpaired) electrons. The topological polar surface area (TPSA) is 80.5 Å². The summed E-state index contributed by atoms with van der Waals surface area (Å²) in [5, 5.41) is 14.2. The van der Waals surface area contributed by atoms with E-state index in [9.17, 15) is 9.90 Å². The van der Waals surface area contributed by atoms with Crippen LogP contribution in [0.2, 0.25) is 0 Å². The Balaban J connectivity index is 1.68. The summed E-state index contributed by atoms with van der Waals surface area (Å²) in [7, 11) is 1.79. The fraction of sp³-hybridized carbons (Fsp3) is 0.438. The highest BCUT2D eigenvalue weighted by Gasteiger charge is 2.36. The van der Waals surface area contributed by atoms with Gasteiger partial charge in [-0.05, 0) is 18.1 Å². The van der Waals surface area contributed by atoms with Crippen LogP contribution in [-0.4, -0.2) is 56.0 Å². The van der Waals surface area contributed by atoms with Crippen LogP contribution < -0.4 is 4.74 Å². The van der Waals surface area contributed by atoms with Crippen molar-refractivity contribution in [2.24, 2.45) is 7.05 Å². The van der Waals surface area contributed by atoms with Crippen molar-refractivity contribution in [2.75, 3.05) is 13.1 Å². The highest BCUT2D eigenvalue weighted by molar-refractivity contribution is 5.94. The molecule has 7 heteroatoms. The van der Waals surface area contributed by atoms with Gasteiger partial charge in [-0.15, -0.1) is 0 Å². The lowest BCUT2D eigenvalue weighted by atomic mass is 10.1. The average Bonchev–Trinajstić information content (AvgIpc) is 3.13. The number of amides is 1. The van der Waals surface area contributed by atoms with Crippen LogP contribution in [0.15, 0.2) is 30.9 Å². The molecule has 0 unspecified atom stereocenters. The van der Waals surface area contributed by atoms with Crippen molar-refractivity contribution in [3.8, 4) is 5.75 Å². The number of aliphatic hydroxyl groups excluding tert-OH is 1. The minimum Gasteiger partial charge on any atom is -0.482 e. The van der Waals surface area contributed by atoms with Crippen molar-refractivity contribution in [3.05, 3.63) is 42.0 Å². The van der Waals surface area contributed by atoms with Gasteiger partial charge in [0.15, 0.2) is 5.75 Å². The van der Waals surface area contributed by atoms with Gasteiger partial charge in [-0.1, -0.05) is 6.92 Å². The smallest absolute Gasteiger partial charge is 0.255 e. The summed E-state index contributed by atoms with van der Waals surface area (Å²) in [5.41, 5.74) is 1.55. The molecule has 1 aliphatic rings. The fourth-order valence-corrected chi connectivity index (χ4v) is 2.65. The third kappa shape index (κ3) is 3.34. The number of hydrogen-bond donors (Lipinski definition) is 1. The molecule has 122 valence electrons. The largest absolute Gasteiger partial charge is 0.482 e. The number of hydrogen-bond acceptors (Lipinski definition) is 5. The van der Waals surface area contributed by atoms with Crippen molar-refractivity contribution in [1.29, 1.82) is 0 Å². The van der Waals surface area contributed by atoms with E-state index in [1.807, 2.05) is 13.0 Å². The summed E-state index contributed by atoms with van der Waals surface area (Å²) in [5.74, 6) is 0.449. The monoisotopic (exact) mass is 316 g/mol. The fourth-order valence-electron chi connectivity index (χ4n) is 2.65. The summed E-state index contributed by atoms with van der Waals surface area (Å²) >= 11 is 0. The first-order valence-electron chi connectivity index (χ1n) is 7.63. The van der Waals surface area contributed by atoms with Gasteiger partial charge in [0.05, 0.1) is 31.0 Å². The molecule has 23 heavy (non-hydrogen) atoms. The Morgan fingerprint density at radius 3 is 2.91 bits per heavy atom. The molecule has 1 amide bonds. The Morgan fingerprint density at radius 2 is 2.22 bits per heavy atom. The Morgan fingerprint density at radius 1 is 1.39 bits per heavy atom. The molecule has 1 fully saturated rings. The molecule has 1 N–H and O–H groups in total. The lowest BCUT2D eigenvalue weighted by Gasteiger charge is -2.16. The van der Waals surface area contributed by atoms with Gasteiger partial charge in [0, 0.05) is 19.4 Å². The van der Waals surface area contributed by atoms with Gasteiger partial charge in [0.2, 0.25) is 0 Å². The van der Waals surface area contributed by atoms with Gasteiger partial charge < -0.3 is 14.7 Å². The second kappa shape index (κ2) is 6.37. The number of aryl methyl sites for hydroxylation is 2. The van der Waals surface area contributed by atoms with Crippen molar-refractivity contribution < 1.29 is 14.6 Å². The van der Waals surface area contributed by atoms with Crippen molar-refractivity contribution in [3.63, 3.8) is 0 Å². The van der Waals surface area contributed by atoms with Crippen LogP contribution >= 0.6 is 0 Å². The number of rotatable bonds is 4. The molecule has 2 aromatic heterocycles. The zero-order valence-corrected chi connectivity index (χ0v) is 13.2. The lowest BCUT2D eigenvalue weighted by molar-refractivity contribution is 0.0729. The van der Waals surface area contributed by atoms with Crippen LogP contribution in [0, 0.1) is 0 Å². The number of aromatic nitrogens is 3. The predicted octanol–water partition coefficient (Wildman–Crippen LogP) is 0.642. The summed E-state index contributed by atoms with van der Waals surface area (Å²) in [4.78, 5) is 18.3. The van der Waals surface area contributed by atoms with E-state index in [-0.39, 0.29) is 12.5 Å². The minimum absolute atomic E-state index is 0.135. The molecule has 2 aromatic rings. The molecule has 3 rings (SSSR count). The normalized spacial score (nSPS) is 20.7. The van der Waals surface area contributed by atoms with Gasteiger partial charge in [0.1, 0.15) is 12.2 Å². The minimum atomic E-state index is -0.721. The molecule has 1 saturated heterocycles. The SMILES string of the molecule is CCc1cncc(C(=O)N2C[C@@H](O)[C@H](Oc3cnn(C)c3)C2)c1. The number of pyridine rings is 1. The van der Waals surface area contributed by atoms with E-state index in [1.165, 1.54) is 0 Å². The van der Waals surface area contributed by atoms with E-state index < -0.39 is 12.2 Å². The zero-order chi connectivity index (χ0) is 16.4. The molecule has 0 spiro atoms. The lowest BCUT2D eigenvalue weighted by Crippen LogP contribution is -2.31. The molecule has 0 aliphatic carbocycles. The highest BCUT2D eigenvalue weighted by atomic mass is 16.5. The van der Waals surface area contributed by atoms with Crippen LogP contribution in [0.1, 0.15) is 22.8 Å². The number of β-amino-alcohol motifs (C(OH)–C–C–N with tert-alkyl or cyclic N) is 1. The molecule has 1 aliphatic heterocycles. The molecule has 0 saturated carbocycles. The van der Waals surface area contributed by atoms with Crippen molar-refractivity contribution in [2.45, 2.75) is 25.6 Å². The Labute approximate surface area is 134 Å². The molecular formula is C16H20N4O3. The number of nitrogens with zero attached hydrogens (tertiary/aromatic N) is 4. The van der Waals surface area contributed by atoms with E-state index in [0.717, 1.165) is 12.0 Å². The quantitative estimate of drug-likeness (QED) is 0.895. The zero-order valence-electron chi connectivity index (χ0n) is 13.2. The number of likely N-dealkylation sites (tertiary alicyclic amines) is 1. The predicted molar refractivity (Wildman–Crippen MR) is 83.1 cm³/mol. The van der Waals surface area contributed by atoms with Gasteiger partial charge in [-0.2, -0.15) is 5.10 Å². The van der Waals surface area contributed by atoms with Gasteiger partial charge >= 0.3 is 0 Å². The average molecular weight is 316 g/mol. The molecular weight excluding hydrogens is 296 g/mol. The van der Waals surface area contributed by atoms with E-state index in [4.69, 9.17) is 4.74 Å². The number of ether oxygens (including phenoxy) is 1. The molecule has 2 atom stereocenters. The van der Waals surface area contributed by atoms with Gasteiger partial charge in [-0.25, -0.2) is 0 Å². The third-order valence-electron chi connectivity index (χ3n) is 3.94. The third-order valence-corrected chi connectivity index (χ3v) is 3.94. The number of aliphatic hydroxyl groups is 1. The Hall–Kier alpha value is -2.41. The van der Waals surface area contributed by atoms with Crippen LogP contribution in [0.25, 0.3) is 0 Å². The van der Waals surface area contributed by atoms with Gasteiger partial charge in [0.25, 0.3) is 5.91 Å². The first-order chi connectivity index (χ1) is 11.1. The summed E-state index contributed by atoms with van der Waals surface area (Å²) < 4.78 is 7.35. The van der Waals surface area contributed by atoms with Crippen LogP contribution in [-0.2, 0) is 13.5 Å². The van der Waals surface area contributed by atoms with Crippen LogP contribution in [0.4, 0.5) is 0 Å². The van der Waals surface area contributed by atoms with Crippen molar-refractivity contribution >= 4 is 5.91 Å². The van der Waals surface area contributed by atoms with E-state index >= 15 is 0 Å². The first kappa shape index (κ1) is 15.5. The summed E-state index contributed by atoms with van der Waals surface area (Å²) in [6, 6.07) is 1.84. The van der Waals surface area contributed by atoms with Gasteiger partial charge in [-0.3, -0.25) is 14.5 Å². The van der Waals surface area contributed by atoms with E-state index in [2.05, 4.69) is 10.1 Å². The van der Waals surface area contributed by atoms with Crippen molar-refractivity contribution in [1.82, 2.24) is 19.7 Å². The molecule has 0 aromatic carbocycles. The standard InChI is InChI=1S/C16H20N4O3/c1-3-11-4-12(6-17-5-11)16(22)20-9-14(21)15(10-20)23-13-7-18-19(2)8-13/h4-8,14-15,21H,3,9-10H2,1-2H3/t14-,15-/m1/s1. The number of carbonyl (C=O) groups excluding carboxylic acids is 1. The summed E-state index contributed by atoms with van der Waals surface area (Å²) in [6.45, 7) is 2.61. The maximum atomic E-state index is 12.6. The maximum Gasteiger partial charge on any atom is 0.255 e. The van der Waals surface area contributed by atoms with Crippen LogP contribution in [0.5, 0.6) is 5.75 Å². The van der Waals surface area contributed by atoms with Crippen LogP contribution in [0.3, 0.4) is 0 Å². The van der Waals surface area contributed by atoms with E-state index in [1.54, 1.807) is 41.4 Å². The maximum absolute atomic E-state index is 12.6. The Bertz CT molecular complexity index is 700. The van der Waals surface area contributed by atoms with E-state index in [0.29, 0.717) is 17.9 Å². The second-order valence-electron chi connectivity index (χ2n) is 5.72. The second-order valence-corrected chi connectivity index (χ2v) is 5.72. The molecule has 3 heterocycles. The first-order valence-corrected chi connectivity index (χ1v) is 7.63. The summed E-state index contributed by atoms with van der Waals surface area (Å²) in [6.07, 6.45) is 6.28. The number of carbonyl (C=O) groups is 1. The molecule has 0 bridgehead atoms. The Kier molecular flexibility index (Phi) is 4.29. The highest BCUT2D eigenvalue weighted by Crippen LogP contribution is 2.20.